The maximum atomic E-state index is 13.6. The number of benzene rings is 2. The fourth-order valence-electron chi connectivity index (χ4n) is 2.53. The zero-order valence-corrected chi connectivity index (χ0v) is 15.2. The van der Waals surface area contributed by atoms with E-state index in [1.54, 1.807) is 25.1 Å². The molecule has 0 saturated heterocycles. The molecule has 1 amide bonds. The van der Waals surface area contributed by atoms with Gasteiger partial charge in [-0.25, -0.2) is 18.7 Å². The summed E-state index contributed by atoms with van der Waals surface area (Å²) in [6.07, 6.45) is 0. The van der Waals surface area contributed by atoms with E-state index in [1.165, 1.54) is 6.07 Å². The van der Waals surface area contributed by atoms with Gasteiger partial charge in [0.2, 0.25) is 0 Å². The van der Waals surface area contributed by atoms with Gasteiger partial charge in [0.15, 0.2) is 11.6 Å². The number of hydrogen-bond acceptors (Lipinski definition) is 4. The molecule has 2 aromatic carbocycles. The van der Waals surface area contributed by atoms with E-state index in [9.17, 15) is 13.6 Å². The van der Waals surface area contributed by atoms with Crippen molar-refractivity contribution in [3.63, 3.8) is 0 Å². The predicted molar refractivity (Wildman–Crippen MR) is 97.8 cm³/mol. The minimum Gasteiger partial charge on any atom is -0.488 e. The molecule has 1 heterocycles. The van der Waals surface area contributed by atoms with Crippen LogP contribution < -0.4 is 10.1 Å². The van der Waals surface area contributed by atoms with Gasteiger partial charge in [0.1, 0.15) is 12.4 Å². The molecule has 0 aliphatic rings. The molecule has 1 atom stereocenters. The number of rotatable bonds is 5. The van der Waals surface area contributed by atoms with Gasteiger partial charge in [-0.15, -0.1) is 0 Å². The molecule has 0 saturated carbocycles. The Hall–Kier alpha value is -3.09. The Morgan fingerprint density at radius 1 is 1.07 bits per heavy atom. The van der Waals surface area contributed by atoms with Gasteiger partial charge in [0, 0.05) is 11.6 Å². The van der Waals surface area contributed by atoms with Crippen molar-refractivity contribution in [3.8, 4) is 5.75 Å². The highest BCUT2D eigenvalue weighted by Gasteiger charge is 2.13. The summed E-state index contributed by atoms with van der Waals surface area (Å²) in [4.78, 5) is 21.3. The Morgan fingerprint density at radius 3 is 2.48 bits per heavy atom. The summed E-state index contributed by atoms with van der Waals surface area (Å²) in [5.74, 6) is -1.82. The Kier molecular flexibility index (Phi) is 5.30. The Bertz CT molecular complexity index is 1010. The van der Waals surface area contributed by atoms with Gasteiger partial charge in [-0.1, -0.05) is 0 Å². The molecule has 0 aliphatic carbocycles. The summed E-state index contributed by atoms with van der Waals surface area (Å²) in [5.41, 5.74) is 3.46. The van der Waals surface area contributed by atoms with Gasteiger partial charge in [0.05, 0.1) is 28.5 Å². The second-order valence-corrected chi connectivity index (χ2v) is 6.36. The van der Waals surface area contributed by atoms with Crippen LogP contribution in [0.1, 0.15) is 28.7 Å². The van der Waals surface area contributed by atoms with Crippen molar-refractivity contribution in [3.05, 3.63) is 65.0 Å². The van der Waals surface area contributed by atoms with E-state index in [2.05, 4.69) is 15.3 Å². The number of nitrogens with one attached hydrogen (secondary N) is 1. The van der Waals surface area contributed by atoms with Gasteiger partial charge < -0.3 is 10.1 Å². The van der Waals surface area contributed by atoms with E-state index < -0.39 is 11.6 Å². The number of carbonyl (C=O) groups is 1. The molecule has 0 unspecified atom stereocenters. The second kappa shape index (κ2) is 7.65. The fourth-order valence-corrected chi connectivity index (χ4v) is 2.53. The number of aryl methyl sites for hydroxylation is 2. The molecule has 0 bridgehead atoms. The van der Waals surface area contributed by atoms with Crippen LogP contribution in [-0.4, -0.2) is 28.5 Å². The number of amides is 1. The molecule has 0 fully saturated rings. The van der Waals surface area contributed by atoms with Gasteiger partial charge in [0.25, 0.3) is 5.91 Å². The van der Waals surface area contributed by atoms with E-state index in [1.807, 2.05) is 13.8 Å². The molecule has 1 N–H and O–H groups in total. The van der Waals surface area contributed by atoms with Gasteiger partial charge in [-0.3, -0.25) is 4.79 Å². The first-order chi connectivity index (χ1) is 12.8. The zero-order chi connectivity index (χ0) is 19.6. The van der Waals surface area contributed by atoms with Gasteiger partial charge in [-0.2, -0.15) is 0 Å². The lowest BCUT2D eigenvalue weighted by Crippen LogP contribution is -2.36. The summed E-state index contributed by atoms with van der Waals surface area (Å²) < 4.78 is 31.8. The quantitative estimate of drug-likeness (QED) is 0.742. The molecule has 0 radical (unpaired) electrons. The van der Waals surface area contributed by atoms with Gasteiger partial charge in [-0.05, 0) is 51.1 Å². The lowest BCUT2D eigenvalue weighted by atomic mass is 10.1. The van der Waals surface area contributed by atoms with Crippen molar-refractivity contribution in [2.45, 2.75) is 26.8 Å². The second-order valence-electron chi connectivity index (χ2n) is 6.36. The summed E-state index contributed by atoms with van der Waals surface area (Å²) >= 11 is 0. The van der Waals surface area contributed by atoms with Crippen molar-refractivity contribution in [2.75, 3.05) is 6.61 Å². The van der Waals surface area contributed by atoms with Crippen molar-refractivity contribution in [1.82, 2.24) is 15.3 Å². The molecule has 7 heteroatoms. The van der Waals surface area contributed by atoms with Crippen molar-refractivity contribution < 1.29 is 18.3 Å². The van der Waals surface area contributed by atoms with Crippen LogP contribution in [0.5, 0.6) is 5.75 Å². The molecule has 27 heavy (non-hydrogen) atoms. The van der Waals surface area contributed by atoms with Crippen LogP contribution in [-0.2, 0) is 0 Å². The third-order valence-corrected chi connectivity index (χ3v) is 4.10. The van der Waals surface area contributed by atoms with Crippen molar-refractivity contribution >= 4 is 16.9 Å². The summed E-state index contributed by atoms with van der Waals surface area (Å²) in [6.45, 7) is 5.52. The molecule has 0 aliphatic heterocycles. The number of aromatic nitrogens is 2. The molecule has 5 nitrogen and oxygen atoms in total. The summed E-state index contributed by atoms with van der Waals surface area (Å²) in [5, 5.41) is 2.78. The molecule has 3 rings (SSSR count). The monoisotopic (exact) mass is 371 g/mol. The molecular weight excluding hydrogens is 352 g/mol. The van der Waals surface area contributed by atoms with E-state index in [0.29, 0.717) is 11.1 Å². The van der Waals surface area contributed by atoms with E-state index >= 15 is 0 Å². The maximum Gasteiger partial charge on any atom is 0.251 e. The topological polar surface area (TPSA) is 64.1 Å². The lowest BCUT2D eigenvalue weighted by Gasteiger charge is -2.15. The third-order valence-electron chi connectivity index (χ3n) is 4.10. The normalized spacial score (nSPS) is 12.0. The Labute approximate surface area is 155 Å². The van der Waals surface area contributed by atoms with Crippen LogP contribution >= 0.6 is 0 Å². The van der Waals surface area contributed by atoms with E-state index in [0.717, 1.165) is 29.0 Å². The number of fused-ring (bicyclic) bond motifs is 1. The van der Waals surface area contributed by atoms with Crippen LogP contribution in [0.15, 0.2) is 36.4 Å². The highest BCUT2D eigenvalue weighted by Crippen LogP contribution is 2.18. The largest absolute Gasteiger partial charge is 0.488 e. The number of halogens is 2. The van der Waals surface area contributed by atoms with E-state index in [4.69, 9.17) is 4.74 Å². The smallest absolute Gasteiger partial charge is 0.251 e. The molecule has 3 aromatic rings. The average Bonchev–Trinajstić information content (AvgIpc) is 2.61. The molecule has 0 spiro atoms. The highest BCUT2D eigenvalue weighted by molar-refractivity contribution is 5.97. The first-order valence-electron chi connectivity index (χ1n) is 8.47. The Morgan fingerprint density at radius 2 is 1.78 bits per heavy atom. The predicted octanol–water partition coefficient (Wildman–Crippen LogP) is 3.72. The Balaban J connectivity index is 1.65. The minimum atomic E-state index is -0.785. The van der Waals surface area contributed by atoms with Crippen LogP contribution in [0.25, 0.3) is 11.0 Å². The first-order valence-corrected chi connectivity index (χ1v) is 8.47. The third kappa shape index (κ3) is 4.36. The summed E-state index contributed by atoms with van der Waals surface area (Å²) in [6, 6.07) is 7.79. The minimum absolute atomic E-state index is 0.0416. The zero-order valence-electron chi connectivity index (χ0n) is 15.2. The summed E-state index contributed by atoms with van der Waals surface area (Å²) in [7, 11) is 0. The maximum absolute atomic E-state index is 13.6. The number of ether oxygens (including phenoxy) is 1. The van der Waals surface area contributed by atoms with Crippen molar-refractivity contribution in [2.24, 2.45) is 0 Å². The number of carbonyl (C=O) groups excluding carboxylic acids is 1. The first kappa shape index (κ1) is 18.7. The van der Waals surface area contributed by atoms with Crippen LogP contribution in [0, 0.1) is 25.5 Å². The number of nitrogens with zero attached hydrogens (tertiary/aromatic N) is 2. The van der Waals surface area contributed by atoms with E-state index in [-0.39, 0.29) is 24.3 Å². The lowest BCUT2D eigenvalue weighted by molar-refractivity contribution is 0.0926. The highest BCUT2D eigenvalue weighted by atomic mass is 19.1. The van der Waals surface area contributed by atoms with Gasteiger partial charge >= 0.3 is 0 Å². The van der Waals surface area contributed by atoms with Crippen LogP contribution in [0.3, 0.4) is 0 Å². The molecule has 140 valence electrons. The fraction of sp³-hybridized carbons (Fsp3) is 0.250. The molecular formula is C20H19F2N3O2. The average molecular weight is 371 g/mol. The van der Waals surface area contributed by atoms with Crippen LogP contribution in [0.4, 0.5) is 8.78 Å². The van der Waals surface area contributed by atoms with Crippen molar-refractivity contribution in [1.29, 1.82) is 0 Å². The SMILES string of the molecule is Cc1nc2ccc(C(=O)N[C@H](C)COc3ccc(F)cc3F)cc2nc1C. The van der Waals surface area contributed by atoms with Crippen LogP contribution in [0.2, 0.25) is 0 Å². The molecule has 1 aromatic heterocycles. The number of hydrogen-bond donors (Lipinski definition) is 1. The standard InChI is InChI=1S/C20H19F2N3O2/c1-11(10-27-19-7-5-15(21)9-16(19)22)23-20(26)14-4-6-17-18(8-14)25-13(3)12(2)24-17/h4-9,11H,10H2,1-3H3,(H,23,26)/t11-/m1/s1.